The molecule has 1 aliphatic heterocycles. The Bertz CT molecular complexity index is 975. The summed E-state index contributed by atoms with van der Waals surface area (Å²) in [6, 6.07) is 13.6. The highest BCUT2D eigenvalue weighted by Gasteiger charge is 2.32. The van der Waals surface area contributed by atoms with E-state index in [1.807, 2.05) is 63.2 Å². The zero-order valence-electron chi connectivity index (χ0n) is 16.6. The topological polar surface area (TPSA) is 59.0 Å². The molecular formula is C22H26N2O3S. The van der Waals surface area contributed by atoms with E-state index in [1.165, 1.54) is 4.31 Å². The van der Waals surface area contributed by atoms with E-state index >= 15 is 0 Å². The van der Waals surface area contributed by atoms with Gasteiger partial charge in [-0.05, 0) is 37.5 Å². The van der Waals surface area contributed by atoms with Crippen LogP contribution in [0, 0.1) is 20.8 Å². The molecule has 148 valence electrons. The maximum Gasteiger partial charge on any atom is 0.244 e. The van der Waals surface area contributed by atoms with Crippen molar-refractivity contribution in [3.63, 3.8) is 0 Å². The van der Waals surface area contributed by atoms with Gasteiger partial charge in [0.05, 0.1) is 17.2 Å². The molecule has 3 rings (SSSR count). The number of hydrogen-bond donors (Lipinski definition) is 0. The van der Waals surface area contributed by atoms with Crippen LogP contribution in [-0.4, -0.2) is 37.6 Å². The second-order valence-electron chi connectivity index (χ2n) is 7.17. The summed E-state index contributed by atoms with van der Waals surface area (Å²) in [5.41, 5.74) is 4.38. The normalized spacial score (nSPS) is 16.7. The van der Waals surface area contributed by atoms with Gasteiger partial charge < -0.3 is 4.84 Å². The number of sulfonamides is 1. The average molecular weight is 399 g/mol. The molecule has 28 heavy (non-hydrogen) atoms. The van der Waals surface area contributed by atoms with Gasteiger partial charge in [0.1, 0.15) is 6.10 Å². The number of nitrogens with zero attached hydrogens (tertiary/aromatic N) is 2. The Morgan fingerprint density at radius 3 is 2.43 bits per heavy atom. The number of benzene rings is 2. The van der Waals surface area contributed by atoms with Crippen molar-refractivity contribution >= 4 is 15.7 Å². The Kier molecular flexibility index (Phi) is 6.01. The molecule has 2 aromatic carbocycles. The Morgan fingerprint density at radius 2 is 1.82 bits per heavy atom. The fraction of sp³-hybridized carbons (Fsp3) is 0.318. The van der Waals surface area contributed by atoms with Crippen molar-refractivity contribution in [3.05, 3.63) is 77.4 Å². The van der Waals surface area contributed by atoms with Gasteiger partial charge in [0.2, 0.25) is 10.0 Å². The molecule has 0 aliphatic carbocycles. The smallest absolute Gasteiger partial charge is 0.244 e. The van der Waals surface area contributed by atoms with E-state index in [0.717, 1.165) is 28.0 Å². The van der Waals surface area contributed by atoms with E-state index in [0.29, 0.717) is 11.3 Å². The second kappa shape index (κ2) is 8.29. The number of rotatable bonds is 7. The molecule has 2 aromatic rings. The second-order valence-corrected chi connectivity index (χ2v) is 9.05. The van der Waals surface area contributed by atoms with Crippen LogP contribution in [0.4, 0.5) is 0 Å². The van der Waals surface area contributed by atoms with Gasteiger partial charge in [-0.25, -0.2) is 8.42 Å². The van der Waals surface area contributed by atoms with E-state index in [2.05, 4.69) is 11.7 Å². The third kappa shape index (κ3) is 4.18. The fourth-order valence-corrected chi connectivity index (χ4v) is 5.53. The van der Waals surface area contributed by atoms with E-state index < -0.39 is 10.0 Å². The predicted octanol–water partition coefficient (Wildman–Crippen LogP) is 3.98. The highest BCUT2D eigenvalue weighted by molar-refractivity contribution is 7.89. The summed E-state index contributed by atoms with van der Waals surface area (Å²) in [5.74, 6) is 0. The van der Waals surface area contributed by atoms with Gasteiger partial charge in [-0.1, -0.05) is 59.3 Å². The van der Waals surface area contributed by atoms with Crippen molar-refractivity contribution in [2.24, 2.45) is 5.16 Å². The summed E-state index contributed by atoms with van der Waals surface area (Å²) in [5, 5.41) is 4.17. The van der Waals surface area contributed by atoms with E-state index in [9.17, 15) is 8.42 Å². The summed E-state index contributed by atoms with van der Waals surface area (Å²) in [6.07, 6.45) is 1.85. The zero-order chi connectivity index (χ0) is 20.3. The van der Waals surface area contributed by atoms with Gasteiger partial charge in [-0.2, -0.15) is 4.31 Å². The molecule has 0 N–H and O–H groups in total. The molecule has 0 fully saturated rings. The molecule has 5 nitrogen and oxygen atoms in total. The Morgan fingerprint density at radius 1 is 1.18 bits per heavy atom. The number of oxime groups is 1. The maximum atomic E-state index is 13.4. The van der Waals surface area contributed by atoms with Crippen LogP contribution < -0.4 is 0 Å². The van der Waals surface area contributed by atoms with Gasteiger partial charge in [0.25, 0.3) is 0 Å². The van der Waals surface area contributed by atoms with Gasteiger partial charge in [-0.15, -0.1) is 6.58 Å². The van der Waals surface area contributed by atoms with E-state index in [4.69, 9.17) is 4.84 Å². The standard InChI is InChI=1S/C22H26N2O3S/c1-5-11-24(28(25,26)22-17(3)12-16(2)13-18(22)4)15-20-14-21(23-27-20)19-9-7-6-8-10-19/h5-10,12-13,20H,1,11,14-15H2,2-4H3. The van der Waals surface area contributed by atoms with Crippen LogP contribution in [0.3, 0.4) is 0 Å². The van der Waals surface area contributed by atoms with E-state index in [-0.39, 0.29) is 19.2 Å². The monoisotopic (exact) mass is 398 g/mol. The van der Waals surface area contributed by atoms with Crippen LogP contribution in [0.15, 0.2) is 65.2 Å². The molecule has 0 saturated carbocycles. The van der Waals surface area contributed by atoms with Gasteiger partial charge >= 0.3 is 0 Å². The Labute approximate surface area is 167 Å². The quantitative estimate of drug-likeness (QED) is 0.663. The molecule has 1 aliphatic rings. The lowest BCUT2D eigenvalue weighted by atomic mass is 10.1. The van der Waals surface area contributed by atoms with Crippen molar-refractivity contribution in [3.8, 4) is 0 Å². The first-order valence-corrected chi connectivity index (χ1v) is 10.7. The Balaban J connectivity index is 1.82. The average Bonchev–Trinajstić information content (AvgIpc) is 3.09. The van der Waals surface area contributed by atoms with Crippen molar-refractivity contribution in [2.45, 2.75) is 38.2 Å². The van der Waals surface area contributed by atoms with Gasteiger partial charge in [0, 0.05) is 13.0 Å². The molecule has 0 bridgehead atoms. The van der Waals surface area contributed by atoms with Crippen molar-refractivity contribution < 1.29 is 13.3 Å². The Hall–Kier alpha value is -2.44. The minimum Gasteiger partial charge on any atom is -0.390 e. The molecule has 0 radical (unpaired) electrons. The first kappa shape index (κ1) is 20.3. The van der Waals surface area contributed by atoms with Crippen molar-refractivity contribution in [1.82, 2.24) is 4.31 Å². The molecule has 0 spiro atoms. The number of aryl methyl sites for hydroxylation is 3. The minimum absolute atomic E-state index is 0.218. The highest BCUT2D eigenvalue weighted by Crippen LogP contribution is 2.27. The first-order chi connectivity index (χ1) is 13.3. The molecule has 1 heterocycles. The summed E-state index contributed by atoms with van der Waals surface area (Å²) in [4.78, 5) is 5.92. The predicted molar refractivity (Wildman–Crippen MR) is 112 cm³/mol. The summed E-state index contributed by atoms with van der Waals surface area (Å²) < 4.78 is 28.2. The third-order valence-corrected chi connectivity index (χ3v) is 6.92. The van der Waals surface area contributed by atoms with Crippen LogP contribution >= 0.6 is 0 Å². The van der Waals surface area contributed by atoms with E-state index in [1.54, 1.807) is 6.08 Å². The lowest BCUT2D eigenvalue weighted by Crippen LogP contribution is -2.38. The maximum absolute atomic E-state index is 13.4. The van der Waals surface area contributed by atoms with Gasteiger partial charge in [0.15, 0.2) is 0 Å². The zero-order valence-corrected chi connectivity index (χ0v) is 17.4. The molecule has 0 aromatic heterocycles. The molecule has 0 saturated heterocycles. The highest BCUT2D eigenvalue weighted by atomic mass is 32.2. The summed E-state index contributed by atoms with van der Waals surface area (Å²) >= 11 is 0. The largest absolute Gasteiger partial charge is 0.390 e. The van der Waals surface area contributed by atoms with Crippen LogP contribution in [0.1, 0.15) is 28.7 Å². The lowest BCUT2D eigenvalue weighted by Gasteiger charge is -2.25. The van der Waals surface area contributed by atoms with Gasteiger partial charge in [-0.3, -0.25) is 0 Å². The SMILES string of the molecule is C=CCN(CC1CC(c2ccccc2)=NO1)S(=O)(=O)c1c(C)cc(C)cc1C. The summed E-state index contributed by atoms with van der Waals surface area (Å²) in [6.45, 7) is 9.80. The van der Waals surface area contributed by atoms with Crippen LogP contribution in [0.25, 0.3) is 0 Å². The lowest BCUT2D eigenvalue weighted by molar-refractivity contribution is 0.0721. The molecule has 6 heteroatoms. The van der Waals surface area contributed by atoms with Crippen LogP contribution in [0.5, 0.6) is 0 Å². The summed E-state index contributed by atoms with van der Waals surface area (Å²) in [7, 11) is -3.68. The van der Waals surface area contributed by atoms with Crippen LogP contribution in [-0.2, 0) is 14.9 Å². The van der Waals surface area contributed by atoms with Crippen molar-refractivity contribution in [2.75, 3.05) is 13.1 Å². The minimum atomic E-state index is -3.68. The molecule has 1 atom stereocenters. The number of hydrogen-bond acceptors (Lipinski definition) is 4. The molecular weight excluding hydrogens is 372 g/mol. The first-order valence-electron chi connectivity index (χ1n) is 9.30. The van der Waals surface area contributed by atoms with Crippen molar-refractivity contribution in [1.29, 1.82) is 0 Å². The molecule has 0 amide bonds. The third-order valence-electron chi connectivity index (χ3n) is 4.78. The fourth-order valence-electron chi connectivity index (χ4n) is 3.67. The van der Waals surface area contributed by atoms with Crippen LogP contribution in [0.2, 0.25) is 0 Å². The molecule has 1 unspecified atom stereocenters.